The van der Waals surface area contributed by atoms with Crippen molar-refractivity contribution in [2.24, 2.45) is 0 Å². The number of carbonyl (C=O) groups excluding carboxylic acids is 2. The first-order valence-electron chi connectivity index (χ1n) is 9.23. The summed E-state index contributed by atoms with van der Waals surface area (Å²) in [7, 11) is 1.90. The summed E-state index contributed by atoms with van der Waals surface area (Å²) < 4.78 is 0. The molecule has 140 valence electrons. The minimum Gasteiger partial charge on any atom is -0.335 e. The minimum absolute atomic E-state index is 0.00543. The molecule has 0 unspecified atom stereocenters. The first-order valence-corrected chi connectivity index (χ1v) is 9.23. The molecule has 0 radical (unpaired) electrons. The van der Waals surface area contributed by atoms with E-state index in [4.69, 9.17) is 0 Å². The van der Waals surface area contributed by atoms with E-state index in [0.717, 1.165) is 24.3 Å². The number of hydrogen-bond donors (Lipinski definition) is 2. The van der Waals surface area contributed by atoms with E-state index in [-0.39, 0.29) is 18.0 Å². The summed E-state index contributed by atoms with van der Waals surface area (Å²) in [6.45, 7) is 2.43. The summed E-state index contributed by atoms with van der Waals surface area (Å²) in [5, 5.41) is 5.94. The van der Waals surface area contributed by atoms with Crippen LogP contribution < -0.4 is 15.5 Å². The number of fused-ring (bicyclic) bond motifs is 1. The third-order valence-electron chi connectivity index (χ3n) is 5.10. The summed E-state index contributed by atoms with van der Waals surface area (Å²) in [5.41, 5.74) is 2.26. The van der Waals surface area contributed by atoms with Crippen LogP contribution in [0.5, 0.6) is 0 Å². The lowest BCUT2D eigenvalue weighted by molar-refractivity contribution is -0.117. The molecule has 2 N–H and O–H groups in total. The summed E-state index contributed by atoms with van der Waals surface area (Å²) in [4.78, 5) is 33.0. The van der Waals surface area contributed by atoms with Gasteiger partial charge in [-0.1, -0.05) is 12.1 Å². The van der Waals surface area contributed by atoms with Crippen molar-refractivity contribution in [3.63, 3.8) is 0 Å². The molecule has 0 spiro atoms. The van der Waals surface area contributed by atoms with Gasteiger partial charge in [0.15, 0.2) is 0 Å². The average molecular weight is 365 g/mol. The van der Waals surface area contributed by atoms with Crippen LogP contribution in [0.2, 0.25) is 0 Å². The molecule has 0 aliphatic carbocycles. The molecule has 1 aromatic carbocycles. The van der Waals surface area contributed by atoms with Crippen LogP contribution >= 0.6 is 0 Å². The van der Waals surface area contributed by atoms with Crippen molar-refractivity contribution < 1.29 is 9.59 Å². The third kappa shape index (κ3) is 3.64. The number of nitrogens with zero attached hydrogens (tertiary/aromatic N) is 3. The van der Waals surface area contributed by atoms with E-state index < -0.39 is 0 Å². The molecular weight excluding hydrogens is 342 g/mol. The maximum Gasteiger partial charge on any atom is 0.256 e. The van der Waals surface area contributed by atoms with Crippen LogP contribution in [0, 0.1) is 0 Å². The predicted molar refractivity (Wildman–Crippen MR) is 104 cm³/mol. The van der Waals surface area contributed by atoms with E-state index in [2.05, 4.69) is 20.5 Å². The minimum atomic E-state index is -0.297. The maximum absolute atomic E-state index is 12.4. The molecule has 2 aromatic rings. The molecule has 1 aromatic heterocycles. The molecule has 1 atom stereocenters. The Labute approximate surface area is 158 Å². The molecule has 2 aliphatic rings. The zero-order chi connectivity index (χ0) is 18.8. The quantitative estimate of drug-likeness (QED) is 0.867. The topological polar surface area (TPSA) is 77.6 Å². The number of anilines is 2. The number of likely N-dealkylation sites (tertiary alicyclic amines) is 1. The molecule has 0 saturated carbocycles. The number of amides is 2. The van der Waals surface area contributed by atoms with Crippen molar-refractivity contribution in [1.29, 1.82) is 0 Å². The lowest BCUT2D eigenvalue weighted by Crippen LogP contribution is -2.45. The van der Waals surface area contributed by atoms with Crippen LogP contribution in [0.25, 0.3) is 0 Å². The SMILES string of the molecule is CN1c2ncccc2C(=O)N[C@H]1c1ccc(NC(=O)CN2CCCC2)cc1. The zero-order valence-corrected chi connectivity index (χ0v) is 15.3. The largest absolute Gasteiger partial charge is 0.335 e. The highest BCUT2D eigenvalue weighted by Gasteiger charge is 2.30. The van der Waals surface area contributed by atoms with Gasteiger partial charge in [0.2, 0.25) is 5.91 Å². The molecule has 2 aliphatic heterocycles. The number of benzene rings is 1. The van der Waals surface area contributed by atoms with Crippen LogP contribution in [-0.4, -0.2) is 48.4 Å². The van der Waals surface area contributed by atoms with Gasteiger partial charge in [0.05, 0.1) is 12.1 Å². The first-order chi connectivity index (χ1) is 13.1. The van der Waals surface area contributed by atoms with Crippen molar-refractivity contribution in [2.75, 3.05) is 36.9 Å². The summed E-state index contributed by atoms with van der Waals surface area (Å²) >= 11 is 0. The number of nitrogens with one attached hydrogen (secondary N) is 2. The number of hydrogen-bond acceptors (Lipinski definition) is 5. The number of rotatable bonds is 4. The zero-order valence-electron chi connectivity index (χ0n) is 15.3. The Hall–Kier alpha value is -2.93. The van der Waals surface area contributed by atoms with Crippen molar-refractivity contribution in [2.45, 2.75) is 19.0 Å². The smallest absolute Gasteiger partial charge is 0.256 e. The molecule has 0 bridgehead atoms. The van der Waals surface area contributed by atoms with E-state index in [1.807, 2.05) is 36.2 Å². The van der Waals surface area contributed by atoms with Crippen molar-refractivity contribution in [3.05, 3.63) is 53.7 Å². The van der Waals surface area contributed by atoms with Gasteiger partial charge < -0.3 is 15.5 Å². The summed E-state index contributed by atoms with van der Waals surface area (Å²) in [6.07, 6.45) is 3.72. The Morgan fingerprint density at radius 1 is 1.22 bits per heavy atom. The van der Waals surface area contributed by atoms with Gasteiger partial charge in [-0.3, -0.25) is 14.5 Å². The normalized spacial score (nSPS) is 19.5. The monoisotopic (exact) mass is 365 g/mol. The van der Waals surface area contributed by atoms with Crippen LogP contribution in [0.1, 0.15) is 34.9 Å². The van der Waals surface area contributed by atoms with Gasteiger partial charge in [0.25, 0.3) is 5.91 Å². The standard InChI is InChI=1S/C20H23N5O2/c1-24-18(23-20(27)16-5-4-10-21-19(16)24)14-6-8-15(9-7-14)22-17(26)13-25-11-2-3-12-25/h4-10,18H,2-3,11-13H2,1H3,(H,22,26)(H,23,27)/t18-/m1/s1. The highest BCUT2D eigenvalue weighted by atomic mass is 16.2. The predicted octanol–water partition coefficient (Wildman–Crippen LogP) is 1.99. The molecular formula is C20H23N5O2. The number of carbonyl (C=O) groups is 2. The molecule has 1 saturated heterocycles. The van der Waals surface area contributed by atoms with E-state index in [9.17, 15) is 9.59 Å². The van der Waals surface area contributed by atoms with Crippen molar-refractivity contribution in [1.82, 2.24) is 15.2 Å². The maximum atomic E-state index is 12.4. The second kappa shape index (κ2) is 7.36. The molecule has 7 heteroatoms. The summed E-state index contributed by atoms with van der Waals surface area (Å²) in [6, 6.07) is 11.1. The lowest BCUT2D eigenvalue weighted by atomic mass is 10.1. The van der Waals surface area contributed by atoms with Gasteiger partial charge in [-0.05, 0) is 55.8 Å². The first kappa shape index (κ1) is 17.5. The van der Waals surface area contributed by atoms with E-state index >= 15 is 0 Å². The Bertz CT molecular complexity index is 846. The number of pyridine rings is 1. The third-order valence-corrected chi connectivity index (χ3v) is 5.10. The number of aromatic nitrogens is 1. The van der Waals surface area contributed by atoms with E-state index in [1.54, 1.807) is 18.3 Å². The lowest BCUT2D eigenvalue weighted by Gasteiger charge is -2.35. The fourth-order valence-electron chi connectivity index (χ4n) is 3.68. The molecule has 4 rings (SSSR count). The van der Waals surface area contributed by atoms with E-state index in [0.29, 0.717) is 17.9 Å². The Morgan fingerprint density at radius 2 is 1.96 bits per heavy atom. The molecule has 1 fully saturated rings. The molecule has 2 amide bonds. The van der Waals surface area contributed by atoms with Crippen LogP contribution in [-0.2, 0) is 4.79 Å². The van der Waals surface area contributed by atoms with Gasteiger partial charge in [-0.25, -0.2) is 4.98 Å². The fourth-order valence-corrected chi connectivity index (χ4v) is 3.68. The van der Waals surface area contributed by atoms with E-state index in [1.165, 1.54) is 12.8 Å². The Balaban J connectivity index is 1.44. The highest BCUT2D eigenvalue weighted by molar-refractivity contribution is 6.01. The fraction of sp³-hybridized carbons (Fsp3) is 0.350. The highest BCUT2D eigenvalue weighted by Crippen LogP contribution is 2.30. The van der Waals surface area contributed by atoms with Gasteiger partial charge in [0.1, 0.15) is 12.0 Å². The molecule has 27 heavy (non-hydrogen) atoms. The van der Waals surface area contributed by atoms with Gasteiger partial charge in [0, 0.05) is 18.9 Å². The average Bonchev–Trinajstić information content (AvgIpc) is 3.18. The van der Waals surface area contributed by atoms with Gasteiger partial charge in [-0.2, -0.15) is 0 Å². The molecule has 3 heterocycles. The van der Waals surface area contributed by atoms with Crippen LogP contribution in [0.15, 0.2) is 42.6 Å². The second-order valence-corrected chi connectivity index (χ2v) is 7.01. The van der Waals surface area contributed by atoms with Crippen molar-refractivity contribution in [3.8, 4) is 0 Å². The van der Waals surface area contributed by atoms with Crippen LogP contribution in [0.3, 0.4) is 0 Å². The van der Waals surface area contributed by atoms with Gasteiger partial charge in [-0.15, -0.1) is 0 Å². The molecule has 7 nitrogen and oxygen atoms in total. The second-order valence-electron chi connectivity index (χ2n) is 7.01. The Kier molecular flexibility index (Phi) is 4.77. The van der Waals surface area contributed by atoms with Crippen LogP contribution in [0.4, 0.5) is 11.5 Å². The van der Waals surface area contributed by atoms with Gasteiger partial charge >= 0.3 is 0 Å². The Morgan fingerprint density at radius 3 is 2.70 bits per heavy atom. The summed E-state index contributed by atoms with van der Waals surface area (Å²) in [5.74, 6) is 0.532. The van der Waals surface area contributed by atoms with Crippen molar-refractivity contribution >= 4 is 23.3 Å².